The maximum absolute atomic E-state index is 13.4. The molecule has 1 aliphatic carbocycles. The third kappa shape index (κ3) is 3.29. The van der Waals surface area contributed by atoms with Crippen molar-refractivity contribution < 1.29 is 17.9 Å². The molecule has 2 aliphatic rings. The van der Waals surface area contributed by atoms with Crippen LogP contribution in [0.3, 0.4) is 0 Å². The number of allylic oxidation sites excluding steroid dienone is 1. The smallest absolute Gasteiger partial charge is 0.399 e. The maximum atomic E-state index is 13.4. The van der Waals surface area contributed by atoms with Gasteiger partial charge in [-0.2, -0.15) is 13.2 Å². The van der Waals surface area contributed by atoms with Gasteiger partial charge in [-0.25, -0.2) is 0 Å². The van der Waals surface area contributed by atoms with Gasteiger partial charge in [0.2, 0.25) is 0 Å². The Morgan fingerprint density at radius 2 is 1.96 bits per heavy atom. The topological polar surface area (TPSA) is 54.1 Å². The highest BCUT2D eigenvalue weighted by Crippen LogP contribution is 2.40. The molecule has 0 aromatic carbocycles. The molecule has 1 unspecified atom stereocenters. The van der Waals surface area contributed by atoms with Gasteiger partial charge < -0.3 is 15.0 Å². The van der Waals surface area contributed by atoms with Crippen molar-refractivity contribution in [3.63, 3.8) is 0 Å². The number of nitrogens with one attached hydrogen (secondary N) is 2. The molecule has 3 rings (SSSR count). The Labute approximate surface area is 131 Å². The lowest BCUT2D eigenvalue weighted by Crippen LogP contribution is -2.37. The molecular weight excluding hydrogens is 309 g/mol. The maximum Gasteiger partial charge on any atom is 0.399 e. The number of rotatable bonds is 2. The van der Waals surface area contributed by atoms with Crippen molar-refractivity contribution in [1.82, 2.24) is 10.3 Å². The number of H-pyrrole nitrogens is 1. The van der Waals surface area contributed by atoms with E-state index in [9.17, 15) is 18.0 Å². The van der Waals surface area contributed by atoms with Gasteiger partial charge in [0.15, 0.2) is 0 Å². The van der Waals surface area contributed by atoms with E-state index in [0.29, 0.717) is 18.4 Å². The molecule has 1 aromatic heterocycles. The molecule has 1 aliphatic heterocycles. The first-order valence-corrected chi connectivity index (χ1v) is 7.73. The number of piperidine rings is 1. The van der Waals surface area contributed by atoms with E-state index in [0.717, 1.165) is 18.7 Å². The number of aromatic amines is 1. The predicted octanol–water partition coefficient (Wildman–Crippen LogP) is 2.53. The van der Waals surface area contributed by atoms with Gasteiger partial charge in [0.25, 0.3) is 5.56 Å². The van der Waals surface area contributed by atoms with Gasteiger partial charge in [0, 0.05) is 11.8 Å². The Morgan fingerprint density at radius 3 is 2.61 bits per heavy atom. The first-order valence-electron chi connectivity index (χ1n) is 7.73. The van der Waals surface area contributed by atoms with Crippen molar-refractivity contribution in [1.29, 1.82) is 0 Å². The fraction of sp³-hybridized carbons (Fsp3) is 0.562. The van der Waals surface area contributed by atoms with Gasteiger partial charge in [-0.15, -0.1) is 0 Å². The van der Waals surface area contributed by atoms with E-state index in [1.54, 1.807) is 6.92 Å². The summed E-state index contributed by atoms with van der Waals surface area (Å²) in [4.78, 5) is 14.4. The molecule has 23 heavy (non-hydrogen) atoms. The van der Waals surface area contributed by atoms with E-state index < -0.39 is 17.7 Å². The summed E-state index contributed by atoms with van der Waals surface area (Å²) in [6.07, 6.45) is -0.723. The number of hydrogen-bond donors (Lipinski definition) is 2. The van der Waals surface area contributed by atoms with Gasteiger partial charge in [-0.1, -0.05) is 0 Å². The minimum atomic E-state index is -4.44. The number of aryl methyl sites for hydroxylation is 1. The fourth-order valence-electron chi connectivity index (χ4n) is 3.15. The lowest BCUT2D eigenvalue weighted by atomic mass is 9.86. The number of fused-ring (bicyclic) bond motifs is 1. The number of ether oxygens (including phenoxy) is 1. The highest BCUT2D eigenvalue weighted by Gasteiger charge is 2.46. The summed E-state index contributed by atoms with van der Waals surface area (Å²) in [6, 6.07) is 0. The summed E-state index contributed by atoms with van der Waals surface area (Å²) >= 11 is 0. The van der Waals surface area contributed by atoms with Crippen molar-refractivity contribution in [2.45, 2.75) is 38.5 Å². The van der Waals surface area contributed by atoms with Gasteiger partial charge in [0.05, 0.1) is 0 Å². The van der Waals surface area contributed by atoms with Crippen molar-refractivity contribution in [3.8, 4) is 0 Å². The molecule has 1 atom stereocenters. The van der Waals surface area contributed by atoms with E-state index in [2.05, 4.69) is 10.3 Å². The zero-order valence-corrected chi connectivity index (χ0v) is 12.8. The van der Waals surface area contributed by atoms with Crippen LogP contribution >= 0.6 is 0 Å². The Hall–Kier alpha value is -1.76. The van der Waals surface area contributed by atoms with Crippen LogP contribution in [0.1, 0.15) is 29.5 Å². The van der Waals surface area contributed by atoms with Crippen molar-refractivity contribution in [2.75, 3.05) is 13.1 Å². The lowest BCUT2D eigenvalue weighted by molar-refractivity contribution is -0.176. The Morgan fingerprint density at radius 1 is 1.26 bits per heavy atom. The second kappa shape index (κ2) is 6.03. The van der Waals surface area contributed by atoms with E-state index >= 15 is 0 Å². The van der Waals surface area contributed by atoms with Gasteiger partial charge in [-0.3, -0.25) is 4.79 Å². The highest BCUT2D eigenvalue weighted by atomic mass is 19.4. The molecule has 1 saturated heterocycles. The summed E-state index contributed by atoms with van der Waals surface area (Å²) in [5.74, 6) is -1.82. The van der Waals surface area contributed by atoms with E-state index in [4.69, 9.17) is 4.74 Å². The van der Waals surface area contributed by atoms with Crippen LogP contribution in [0.5, 0.6) is 0 Å². The second-order valence-electron chi connectivity index (χ2n) is 6.11. The van der Waals surface area contributed by atoms with Crippen LogP contribution < -0.4 is 10.9 Å². The van der Waals surface area contributed by atoms with Crippen molar-refractivity contribution in [2.24, 2.45) is 5.92 Å². The lowest BCUT2D eigenvalue weighted by Gasteiger charge is -2.32. The first kappa shape index (κ1) is 16.1. The number of alkyl halides is 3. The van der Waals surface area contributed by atoms with Crippen LogP contribution in [0.15, 0.2) is 16.8 Å². The molecular formula is C16H19F3N2O2. The number of hydrogen-bond acceptors (Lipinski definition) is 3. The van der Waals surface area contributed by atoms with E-state index in [-0.39, 0.29) is 23.8 Å². The minimum absolute atomic E-state index is 0.0643. The number of halogens is 3. The quantitative estimate of drug-likeness (QED) is 0.877. The van der Waals surface area contributed by atoms with Gasteiger partial charge in [-0.05, 0) is 56.5 Å². The molecule has 1 fully saturated rings. The average Bonchev–Trinajstić information content (AvgIpc) is 2.51. The van der Waals surface area contributed by atoms with Crippen molar-refractivity contribution in [3.05, 3.63) is 39.0 Å². The summed E-state index contributed by atoms with van der Waals surface area (Å²) in [7, 11) is 0. The second-order valence-corrected chi connectivity index (χ2v) is 6.11. The largest absolute Gasteiger partial charge is 0.494 e. The molecule has 7 heteroatoms. The minimum Gasteiger partial charge on any atom is -0.494 e. The van der Waals surface area contributed by atoms with Gasteiger partial charge in [0.1, 0.15) is 17.8 Å². The number of pyridine rings is 1. The third-order valence-electron chi connectivity index (χ3n) is 4.47. The zero-order chi connectivity index (χ0) is 16.6. The molecule has 0 bridgehead atoms. The van der Waals surface area contributed by atoms with Crippen LogP contribution in [0.25, 0.3) is 6.08 Å². The molecule has 126 valence electrons. The molecule has 0 saturated carbocycles. The van der Waals surface area contributed by atoms with E-state index in [1.165, 1.54) is 12.3 Å². The van der Waals surface area contributed by atoms with Gasteiger partial charge >= 0.3 is 6.18 Å². The SMILES string of the molecule is Cc1c[nH]c(=O)c2c1C=C(OC1CCNCC1)C(C(F)(F)F)C2. The third-order valence-corrected chi connectivity index (χ3v) is 4.47. The summed E-state index contributed by atoms with van der Waals surface area (Å²) in [5.41, 5.74) is 1.02. The molecule has 4 nitrogen and oxygen atoms in total. The van der Waals surface area contributed by atoms with Crippen molar-refractivity contribution >= 4 is 6.08 Å². The predicted molar refractivity (Wildman–Crippen MR) is 80.0 cm³/mol. The molecule has 0 radical (unpaired) electrons. The van der Waals surface area contributed by atoms with Crippen LogP contribution in [-0.2, 0) is 11.2 Å². The molecule has 2 heterocycles. The zero-order valence-electron chi connectivity index (χ0n) is 12.8. The van der Waals surface area contributed by atoms with E-state index in [1.807, 2.05) is 0 Å². The Kier molecular flexibility index (Phi) is 4.23. The highest BCUT2D eigenvalue weighted by molar-refractivity contribution is 5.61. The van der Waals surface area contributed by atoms with Crippen LogP contribution in [0, 0.1) is 12.8 Å². The monoisotopic (exact) mass is 328 g/mol. The Balaban J connectivity index is 1.98. The Bertz CT molecular complexity index is 673. The average molecular weight is 328 g/mol. The van der Waals surface area contributed by atoms with Crippen LogP contribution in [-0.4, -0.2) is 30.4 Å². The molecule has 0 spiro atoms. The molecule has 1 aromatic rings. The van der Waals surface area contributed by atoms with Crippen LogP contribution in [0.2, 0.25) is 0 Å². The number of aromatic nitrogens is 1. The normalized spacial score (nSPS) is 22.4. The summed E-state index contributed by atoms with van der Waals surface area (Å²) < 4.78 is 46.0. The molecule has 0 amide bonds. The summed E-state index contributed by atoms with van der Waals surface area (Å²) in [5, 5.41) is 3.16. The van der Waals surface area contributed by atoms with Crippen LogP contribution in [0.4, 0.5) is 13.2 Å². The first-order chi connectivity index (χ1) is 10.9. The standard InChI is InChI=1S/C16H19F3N2O2/c1-9-8-21-15(22)12-6-13(16(17,18)19)14(7-11(9)12)23-10-2-4-20-5-3-10/h7-8,10,13,20H,2-6H2,1H3,(H,21,22). The molecule has 2 N–H and O–H groups in total. The fourth-order valence-corrected chi connectivity index (χ4v) is 3.15. The summed E-state index contributed by atoms with van der Waals surface area (Å²) in [6.45, 7) is 3.25.